The summed E-state index contributed by atoms with van der Waals surface area (Å²) in [5, 5.41) is 0. The second-order valence-electron chi connectivity index (χ2n) is 12.3. The monoisotopic (exact) mass is 469 g/mol. The van der Waals surface area contributed by atoms with Gasteiger partial charge in [-0.25, -0.2) is 0 Å². The molecule has 4 nitrogen and oxygen atoms in total. The molecule has 0 radical (unpaired) electrons. The van der Waals surface area contributed by atoms with Gasteiger partial charge in [-0.3, -0.25) is 4.79 Å². The summed E-state index contributed by atoms with van der Waals surface area (Å²) in [6.45, 7) is 7.89. The van der Waals surface area contributed by atoms with E-state index in [-0.39, 0.29) is 28.9 Å². The van der Waals surface area contributed by atoms with E-state index in [2.05, 4.69) is 51.9 Å². The van der Waals surface area contributed by atoms with E-state index in [4.69, 9.17) is 4.74 Å². The Balaban J connectivity index is 1.41. The van der Waals surface area contributed by atoms with E-state index in [0.717, 1.165) is 53.6 Å². The number of ether oxygens (including phenoxy) is 1. The maximum Gasteiger partial charge on any atom is 0.298 e. The van der Waals surface area contributed by atoms with E-state index in [1.807, 2.05) is 43.1 Å². The molecule has 4 aliphatic rings. The Labute approximate surface area is 209 Å². The fourth-order valence-electron chi connectivity index (χ4n) is 8.32. The number of quaternary nitrogens is 1. The van der Waals surface area contributed by atoms with Crippen LogP contribution in [-0.4, -0.2) is 61.2 Å². The lowest BCUT2D eigenvalue weighted by atomic mass is 9.43. The van der Waals surface area contributed by atoms with Gasteiger partial charge in [-0.15, -0.1) is 0 Å². The molecule has 0 unspecified atom stereocenters. The first-order valence-electron chi connectivity index (χ1n) is 13.1. The Morgan fingerprint density at radius 3 is 2.74 bits per heavy atom. The minimum atomic E-state index is -0.118. The molecule has 1 amide bonds. The second kappa shape index (κ2) is 7.37. The first-order valence-corrected chi connectivity index (χ1v) is 13.1. The molecule has 2 aliphatic carbocycles. The van der Waals surface area contributed by atoms with Crippen molar-refractivity contribution >= 4 is 5.91 Å². The van der Waals surface area contributed by atoms with Crippen molar-refractivity contribution in [3.63, 3.8) is 0 Å². The number of hydrogen-bond donors (Lipinski definition) is 0. The smallest absolute Gasteiger partial charge is 0.298 e. The molecule has 2 aromatic rings. The Kier molecular flexibility index (Phi) is 4.78. The number of likely N-dealkylation sites (tertiary alicyclic amines) is 1. The van der Waals surface area contributed by atoms with Crippen molar-refractivity contribution < 1.29 is 14.0 Å². The van der Waals surface area contributed by atoms with Crippen molar-refractivity contribution in [1.82, 2.24) is 4.90 Å². The molecule has 35 heavy (non-hydrogen) atoms. The zero-order valence-corrected chi connectivity index (χ0v) is 21.9. The van der Waals surface area contributed by atoms with Gasteiger partial charge in [-0.05, 0) is 55.5 Å². The lowest BCUT2D eigenvalue weighted by Crippen LogP contribution is -2.76. The summed E-state index contributed by atoms with van der Waals surface area (Å²) in [7, 11) is 6.76. The van der Waals surface area contributed by atoms with Crippen LogP contribution in [0.3, 0.4) is 0 Å². The highest BCUT2D eigenvalue weighted by molar-refractivity contribution is 5.94. The van der Waals surface area contributed by atoms with E-state index < -0.39 is 0 Å². The van der Waals surface area contributed by atoms with Crippen molar-refractivity contribution in [3.8, 4) is 17.6 Å². The maximum absolute atomic E-state index is 13.3. The fourth-order valence-corrected chi connectivity index (χ4v) is 8.32. The van der Waals surface area contributed by atoms with Gasteiger partial charge in [0.2, 0.25) is 0 Å². The third kappa shape index (κ3) is 2.94. The summed E-state index contributed by atoms with van der Waals surface area (Å²) in [5.41, 5.74) is 6.30. The average molecular weight is 470 g/mol. The molecule has 0 aromatic heterocycles. The maximum atomic E-state index is 13.3. The molecule has 2 aliphatic heterocycles. The summed E-state index contributed by atoms with van der Waals surface area (Å²) >= 11 is 0. The number of carbonyl (C=O) groups is 1. The third-order valence-electron chi connectivity index (χ3n) is 10.2. The Hall–Kier alpha value is -2.77. The van der Waals surface area contributed by atoms with Crippen LogP contribution >= 0.6 is 0 Å². The van der Waals surface area contributed by atoms with Crippen LogP contribution in [0.2, 0.25) is 0 Å². The second-order valence-corrected chi connectivity index (χ2v) is 12.3. The Morgan fingerprint density at radius 1 is 1.17 bits per heavy atom. The predicted octanol–water partition coefficient (Wildman–Crippen LogP) is 4.39. The quantitative estimate of drug-likeness (QED) is 0.458. The molecule has 2 bridgehead atoms. The molecule has 182 valence electrons. The number of likely N-dealkylation sites (N-methyl/N-ethyl adjacent to an activating group) is 2. The van der Waals surface area contributed by atoms with Crippen LogP contribution in [0.15, 0.2) is 36.4 Å². The largest absolute Gasteiger partial charge is 0.487 e. The van der Waals surface area contributed by atoms with Gasteiger partial charge in [0.25, 0.3) is 5.91 Å². The molecule has 2 aromatic carbocycles. The van der Waals surface area contributed by atoms with Gasteiger partial charge < -0.3 is 14.1 Å². The lowest BCUT2D eigenvalue weighted by molar-refractivity contribution is -0.932. The molecule has 2 heterocycles. The zero-order chi connectivity index (χ0) is 24.8. The van der Waals surface area contributed by atoms with E-state index in [1.54, 1.807) is 0 Å². The number of carbonyl (C=O) groups excluding carboxylic acids is 1. The molecule has 1 spiro atoms. The highest BCUT2D eigenvalue weighted by Crippen LogP contribution is 2.69. The van der Waals surface area contributed by atoms with Crippen molar-refractivity contribution in [3.05, 3.63) is 64.2 Å². The van der Waals surface area contributed by atoms with Crippen LogP contribution in [0.1, 0.15) is 54.0 Å². The minimum absolute atomic E-state index is 0.0195. The van der Waals surface area contributed by atoms with E-state index in [0.29, 0.717) is 6.04 Å². The van der Waals surface area contributed by atoms with Gasteiger partial charge in [0.05, 0.1) is 38.1 Å². The highest BCUT2D eigenvalue weighted by Gasteiger charge is 2.74. The zero-order valence-electron chi connectivity index (χ0n) is 21.9. The van der Waals surface area contributed by atoms with Gasteiger partial charge in [-0.2, -0.15) is 0 Å². The van der Waals surface area contributed by atoms with Crippen LogP contribution in [0.25, 0.3) is 0 Å². The summed E-state index contributed by atoms with van der Waals surface area (Å²) in [4.78, 5) is 15.2. The molecule has 6 rings (SSSR count). The molecule has 4 heteroatoms. The minimum Gasteiger partial charge on any atom is -0.487 e. The number of amides is 1. The fraction of sp³-hybridized carbons (Fsp3) is 0.516. The lowest BCUT2D eigenvalue weighted by Gasteiger charge is -2.66. The molecule has 0 N–H and O–H groups in total. The number of rotatable bonds is 1. The highest BCUT2D eigenvalue weighted by atomic mass is 16.5. The van der Waals surface area contributed by atoms with Gasteiger partial charge >= 0.3 is 0 Å². The third-order valence-corrected chi connectivity index (χ3v) is 10.2. The van der Waals surface area contributed by atoms with Crippen molar-refractivity contribution in [1.29, 1.82) is 0 Å². The number of benzene rings is 2. The van der Waals surface area contributed by atoms with E-state index in [1.165, 1.54) is 16.7 Å². The van der Waals surface area contributed by atoms with Gasteiger partial charge in [0, 0.05) is 42.4 Å². The van der Waals surface area contributed by atoms with Crippen LogP contribution < -0.4 is 4.74 Å². The number of aryl methyl sites for hydroxylation is 2. The Morgan fingerprint density at radius 2 is 1.97 bits per heavy atom. The van der Waals surface area contributed by atoms with Crippen molar-refractivity contribution in [2.24, 2.45) is 5.41 Å². The number of hydrogen-bond acceptors (Lipinski definition) is 2. The van der Waals surface area contributed by atoms with Crippen LogP contribution in [-0.2, 0) is 16.6 Å². The molecular formula is C31H37N2O2+. The first kappa shape index (κ1) is 22.7. The summed E-state index contributed by atoms with van der Waals surface area (Å²) < 4.78 is 8.02. The predicted molar refractivity (Wildman–Crippen MR) is 138 cm³/mol. The normalized spacial score (nSPS) is 33.1. The van der Waals surface area contributed by atoms with E-state index in [9.17, 15) is 4.79 Å². The molecule has 5 atom stereocenters. The molecular weight excluding hydrogens is 432 g/mol. The SMILES string of the molecule is Cc1cccc(C#CC(=O)N(C)[C@H]2CC[C@@]3(C)[C@H]4Cc5ccc(C)c6c5[C@@]3(CC[N+]4(C)C)[C@H]2O6)c1. The van der Waals surface area contributed by atoms with Gasteiger partial charge in [0.15, 0.2) is 0 Å². The molecule has 2 fully saturated rings. The Bertz CT molecular complexity index is 1300. The number of nitrogens with zero attached hydrogens (tertiary/aromatic N) is 2. The van der Waals surface area contributed by atoms with Crippen LogP contribution in [0.5, 0.6) is 5.75 Å². The summed E-state index contributed by atoms with van der Waals surface area (Å²) in [6, 6.07) is 13.2. The van der Waals surface area contributed by atoms with Gasteiger partial charge in [0.1, 0.15) is 11.9 Å². The topological polar surface area (TPSA) is 29.5 Å². The van der Waals surface area contributed by atoms with Gasteiger partial charge in [-0.1, -0.05) is 37.1 Å². The average Bonchev–Trinajstić information content (AvgIpc) is 3.17. The molecule has 1 saturated heterocycles. The van der Waals surface area contributed by atoms with Crippen LogP contribution in [0.4, 0.5) is 0 Å². The summed E-state index contributed by atoms with van der Waals surface area (Å²) in [6.07, 6.45) is 4.27. The van der Waals surface area contributed by atoms with Crippen LogP contribution in [0, 0.1) is 31.1 Å². The first-order chi connectivity index (χ1) is 16.6. The number of piperidine rings is 1. The van der Waals surface area contributed by atoms with Crippen molar-refractivity contribution in [2.45, 2.75) is 70.1 Å². The van der Waals surface area contributed by atoms with E-state index >= 15 is 0 Å². The molecule has 1 saturated carbocycles. The standard InChI is InChI=1S/C31H37N2O2/c1-20-8-7-9-22(18-20)11-13-26(34)32(4)24-14-15-30(3)25-19-23-12-10-21(2)28-27(23)31(30,29(24)35-28)16-17-33(25,5)6/h7-10,12,18,24-25,29H,14-17,19H2,1-6H3/q+1/t24-,25+,29-,30-,31-/m0/s1. The summed E-state index contributed by atoms with van der Waals surface area (Å²) in [5.74, 6) is 7.00. The van der Waals surface area contributed by atoms with Crippen molar-refractivity contribution in [2.75, 3.05) is 27.7 Å².